The Hall–Kier alpha value is -2.97. The number of carbonyl (C=O) groups is 2. The van der Waals surface area contributed by atoms with E-state index in [-0.39, 0.29) is 43.7 Å². The Balaban J connectivity index is 2.11. The van der Waals surface area contributed by atoms with E-state index < -0.39 is 30.3 Å². The predicted molar refractivity (Wildman–Crippen MR) is 81.6 cm³/mol. The predicted octanol–water partition coefficient (Wildman–Crippen LogP) is 0.968. The van der Waals surface area contributed by atoms with E-state index in [0.717, 1.165) is 4.90 Å². The fourth-order valence-corrected chi connectivity index (χ4v) is 2.79. The first-order valence-electron chi connectivity index (χ1n) is 7.59. The van der Waals surface area contributed by atoms with Crippen molar-refractivity contribution in [2.45, 2.75) is 31.0 Å². The van der Waals surface area contributed by atoms with Gasteiger partial charge < -0.3 is 21.1 Å². The molecule has 2 heterocycles. The Kier molecular flexibility index (Phi) is 5.29. The lowest BCUT2D eigenvalue weighted by atomic mass is 9.85. The van der Waals surface area contributed by atoms with E-state index in [1.165, 1.54) is 10.9 Å². The summed E-state index contributed by atoms with van der Waals surface area (Å²) >= 11 is 0. The Bertz CT molecular complexity index is 731. The summed E-state index contributed by atoms with van der Waals surface area (Å²) in [4.78, 5) is 24.2. The van der Waals surface area contributed by atoms with Crippen molar-refractivity contribution in [3.8, 4) is 6.07 Å². The zero-order chi connectivity index (χ0) is 19.5. The van der Waals surface area contributed by atoms with Gasteiger partial charge in [0.2, 0.25) is 0 Å². The normalized spacial score (nSPS) is 16.8. The fraction of sp³-hybridized carbons (Fsp3) is 0.571. The third-order valence-electron chi connectivity index (χ3n) is 4.21. The average Bonchev–Trinajstić information content (AvgIpc) is 2.95. The number of hydrogen-bond acceptors (Lipinski definition) is 6. The molecule has 0 aliphatic carbocycles. The van der Waals surface area contributed by atoms with Gasteiger partial charge in [-0.3, -0.25) is 9.48 Å². The molecule has 0 atom stereocenters. The number of piperidine rings is 1. The molecule has 0 aromatic carbocycles. The zero-order valence-corrected chi connectivity index (χ0v) is 13.6. The molecule has 0 spiro atoms. The van der Waals surface area contributed by atoms with Gasteiger partial charge in [-0.1, -0.05) is 0 Å². The van der Waals surface area contributed by atoms with Gasteiger partial charge in [-0.25, -0.2) is 4.79 Å². The molecule has 12 heteroatoms. The van der Waals surface area contributed by atoms with Gasteiger partial charge in [-0.2, -0.15) is 23.5 Å². The Morgan fingerprint density at radius 2 is 2.00 bits per heavy atom. The van der Waals surface area contributed by atoms with Gasteiger partial charge >= 0.3 is 12.3 Å². The van der Waals surface area contributed by atoms with Crippen LogP contribution in [-0.2, 0) is 10.3 Å². The highest BCUT2D eigenvalue weighted by Gasteiger charge is 2.40. The number of primary amides is 1. The molecule has 142 valence electrons. The highest BCUT2D eigenvalue weighted by molar-refractivity contribution is 5.96. The summed E-state index contributed by atoms with van der Waals surface area (Å²) in [7, 11) is 0. The van der Waals surface area contributed by atoms with Crippen LogP contribution < -0.4 is 11.5 Å². The van der Waals surface area contributed by atoms with E-state index in [0.29, 0.717) is 0 Å². The van der Waals surface area contributed by atoms with Crippen LogP contribution in [0.2, 0.25) is 0 Å². The number of ether oxygens (including phenoxy) is 1. The topological polar surface area (TPSA) is 140 Å². The molecular weight excluding hydrogens is 357 g/mol. The van der Waals surface area contributed by atoms with Crippen LogP contribution in [0, 0.1) is 11.3 Å². The van der Waals surface area contributed by atoms with Crippen LogP contribution in [0.25, 0.3) is 0 Å². The summed E-state index contributed by atoms with van der Waals surface area (Å²) in [5.41, 5.74) is 10.0. The second-order valence-corrected chi connectivity index (χ2v) is 5.95. The number of nitrogens with two attached hydrogens (primary N) is 2. The number of alkyl halides is 3. The second kappa shape index (κ2) is 7.11. The van der Waals surface area contributed by atoms with E-state index in [1.807, 2.05) is 6.07 Å². The standard InChI is InChI=1S/C14H17F3N6O3/c15-14(16,17)8-26-12(25)22-5-2-13(1-4-18,3-6-22)23-7-9(11(20)24)10(19)21-23/h7H,1-3,5-6,8H2,(H2,19,21)(H2,20,24). The summed E-state index contributed by atoms with van der Waals surface area (Å²) in [5.74, 6) is -0.851. The monoisotopic (exact) mass is 374 g/mol. The first-order valence-corrected chi connectivity index (χ1v) is 7.59. The molecule has 1 aliphatic heterocycles. The maximum Gasteiger partial charge on any atom is 0.422 e. The number of likely N-dealkylation sites (tertiary alicyclic amines) is 1. The van der Waals surface area contributed by atoms with Crippen molar-refractivity contribution in [1.29, 1.82) is 5.26 Å². The van der Waals surface area contributed by atoms with Gasteiger partial charge in [0.1, 0.15) is 5.56 Å². The van der Waals surface area contributed by atoms with Crippen molar-refractivity contribution in [1.82, 2.24) is 14.7 Å². The summed E-state index contributed by atoms with van der Waals surface area (Å²) in [5, 5.41) is 13.2. The molecule has 1 fully saturated rings. The number of anilines is 1. The Labute approximate surface area is 146 Å². The second-order valence-electron chi connectivity index (χ2n) is 5.95. The molecule has 0 bridgehead atoms. The lowest BCUT2D eigenvalue weighted by Gasteiger charge is -2.40. The summed E-state index contributed by atoms with van der Waals surface area (Å²) in [6.07, 6.45) is -3.88. The zero-order valence-electron chi connectivity index (χ0n) is 13.6. The Morgan fingerprint density at radius 1 is 1.38 bits per heavy atom. The first kappa shape index (κ1) is 19.4. The summed E-state index contributed by atoms with van der Waals surface area (Å²) < 4.78 is 42.0. The largest absolute Gasteiger partial charge is 0.440 e. The number of carbonyl (C=O) groups excluding carboxylic acids is 2. The van der Waals surface area contributed by atoms with Gasteiger partial charge in [-0.05, 0) is 12.8 Å². The van der Waals surface area contributed by atoms with Crippen molar-refractivity contribution in [3.63, 3.8) is 0 Å². The van der Waals surface area contributed by atoms with E-state index in [9.17, 15) is 22.8 Å². The summed E-state index contributed by atoms with van der Waals surface area (Å²) in [6, 6.07) is 2.02. The lowest BCUT2D eigenvalue weighted by molar-refractivity contribution is -0.162. The highest BCUT2D eigenvalue weighted by atomic mass is 19.4. The van der Waals surface area contributed by atoms with Crippen LogP contribution in [0.4, 0.5) is 23.8 Å². The smallest absolute Gasteiger partial charge is 0.422 e. The average molecular weight is 374 g/mol. The van der Waals surface area contributed by atoms with E-state index in [1.54, 1.807) is 0 Å². The van der Waals surface area contributed by atoms with Crippen LogP contribution >= 0.6 is 0 Å². The number of nitriles is 1. The van der Waals surface area contributed by atoms with E-state index in [4.69, 9.17) is 16.7 Å². The number of amides is 2. The molecule has 26 heavy (non-hydrogen) atoms. The number of nitrogen functional groups attached to an aromatic ring is 1. The van der Waals surface area contributed by atoms with Gasteiger partial charge in [0.15, 0.2) is 12.4 Å². The number of halogens is 3. The fourth-order valence-electron chi connectivity index (χ4n) is 2.79. The van der Waals surface area contributed by atoms with Crippen molar-refractivity contribution in [2.24, 2.45) is 5.73 Å². The third kappa shape index (κ3) is 4.16. The maximum absolute atomic E-state index is 12.1. The molecule has 1 aromatic rings. The molecular formula is C14H17F3N6O3. The third-order valence-corrected chi connectivity index (χ3v) is 4.21. The van der Waals surface area contributed by atoms with Crippen LogP contribution in [0.5, 0.6) is 0 Å². The molecule has 0 radical (unpaired) electrons. The van der Waals surface area contributed by atoms with Gasteiger partial charge in [-0.15, -0.1) is 0 Å². The first-order chi connectivity index (χ1) is 12.1. The van der Waals surface area contributed by atoms with E-state index in [2.05, 4.69) is 9.84 Å². The SMILES string of the molecule is N#CCC1(n2cc(C(N)=O)c(N)n2)CCN(C(=O)OCC(F)(F)F)CC1. The van der Waals surface area contributed by atoms with Crippen molar-refractivity contribution >= 4 is 17.8 Å². The number of nitrogens with zero attached hydrogens (tertiary/aromatic N) is 4. The van der Waals surface area contributed by atoms with Crippen LogP contribution in [-0.4, -0.2) is 52.6 Å². The molecule has 0 unspecified atom stereocenters. The number of aromatic nitrogens is 2. The minimum atomic E-state index is -4.60. The van der Waals surface area contributed by atoms with Crippen molar-refractivity contribution in [3.05, 3.63) is 11.8 Å². The molecule has 1 saturated heterocycles. The number of hydrogen-bond donors (Lipinski definition) is 2. The molecule has 4 N–H and O–H groups in total. The maximum atomic E-state index is 12.1. The van der Waals surface area contributed by atoms with Gasteiger partial charge in [0.25, 0.3) is 5.91 Å². The molecule has 2 rings (SSSR count). The van der Waals surface area contributed by atoms with Crippen LogP contribution in [0.1, 0.15) is 29.6 Å². The van der Waals surface area contributed by atoms with Crippen molar-refractivity contribution in [2.75, 3.05) is 25.4 Å². The van der Waals surface area contributed by atoms with Gasteiger partial charge in [0.05, 0.1) is 18.0 Å². The molecule has 0 saturated carbocycles. The minimum Gasteiger partial charge on any atom is -0.440 e. The van der Waals surface area contributed by atoms with Crippen molar-refractivity contribution < 1.29 is 27.5 Å². The minimum absolute atomic E-state index is 0.00864. The molecule has 1 aliphatic rings. The molecule has 9 nitrogen and oxygen atoms in total. The van der Waals surface area contributed by atoms with Crippen LogP contribution in [0.15, 0.2) is 6.20 Å². The summed E-state index contributed by atoms with van der Waals surface area (Å²) in [6.45, 7) is -1.54. The van der Waals surface area contributed by atoms with Gasteiger partial charge in [0, 0.05) is 19.3 Å². The Morgan fingerprint density at radius 3 is 2.46 bits per heavy atom. The molecule has 2 amide bonds. The van der Waals surface area contributed by atoms with E-state index >= 15 is 0 Å². The van der Waals surface area contributed by atoms with Crippen LogP contribution in [0.3, 0.4) is 0 Å². The number of rotatable bonds is 4. The highest BCUT2D eigenvalue weighted by Crippen LogP contribution is 2.34. The molecule has 1 aromatic heterocycles. The lowest BCUT2D eigenvalue weighted by Crippen LogP contribution is -2.48. The quantitative estimate of drug-likeness (QED) is 0.804.